The first-order chi connectivity index (χ1) is 8.11. The van der Waals surface area contributed by atoms with Crippen molar-refractivity contribution in [3.63, 3.8) is 0 Å². The van der Waals surface area contributed by atoms with Crippen LogP contribution in [-0.4, -0.2) is 31.3 Å². The van der Waals surface area contributed by atoms with Gasteiger partial charge in [-0.1, -0.05) is 33.2 Å². The van der Waals surface area contributed by atoms with Crippen LogP contribution in [0.4, 0.5) is 0 Å². The smallest absolute Gasteiger partial charge is 0.237 e. The molecule has 3 nitrogen and oxygen atoms in total. The molecule has 1 aliphatic rings. The molecule has 92 valence electrons. The molecule has 0 bridgehead atoms. The Morgan fingerprint density at radius 3 is 3.00 bits per heavy atom. The molecule has 0 saturated heterocycles. The van der Waals surface area contributed by atoms with Crippen molar-refractivity contribution in [2.24, 2.45) is 15.9 Å². The van der Waals surface area contributed by atoms with E-state index in [0.29, 0.717) is 5.92 Å². The topological polar surface area (TPSA) is 28.0 Å². The van der Waals surface area contributed by atoms with E-state index in [2.05, 4.69) is 35.2 Å². The quantitative estimate of drug-likeness (QED) is 0.686. The van der Waals surface area contributed by atoms with Crippen LogP contribution in [-0.2, 0) is 0 Å². The molecule has 0 amide bonds. The fourth-order valence-corrected chi connectivity index (χ4v) is 1.69. The van der Waals surface area contributed by atoms with Crippen LogP contribution in [0.25, 0.3) is 0 Å². The minimum Gasteiger partial charge on any atom is -0.409 e. The van der Waals surface area contributed by atoms with Crippen LogP contribution in [0.15, 0.2) is 34.0 Å². The molecule has 0 saturated carbocycles. The third-order valence-corrected chi connectivity index (χ3v) is 2.62. The SMILES string of the molecule is C=C1/C=C(C)\N=C/C(C)CN(BCCC)/C=N\1. The van der Waals surface area contributed by atoms with Crippen LogP contribution < -0.4 is 0 Å². The van der Waals surface area contributed by atoms with Crippen LogP contribution in [0.3, 0.4) is 0 Å². The molecule has 17 heavy (non-hydrogen) atoms. The van der Waals surface area contributed by atoms with Crippen LogP contribution in [0.1, 0.15) is 27.2 Å². The van der Waals surface area contributed by atoms with Gasteiger partial charge in [0.05, 0.1) is 12.0 Å². The summed E-state index contributed by atoms with van der Waals surface area (Å²) in [5.41, 5.74) is 1.72. The second kappa shape index (κ2) is 7.10. The summed E-state index contributed by atoms with van der Waals surface area (Å²) in [4.78, 5) is 11.0. The van der Waals surface area contributed by atoms with E-state index in [1.165, 1.54) is 12.7 Å². The summed E-state index contributed by atoms with van der Waals surface area (Å²) in [5, 5.41) is 0. The van der Waals surface area contributed by atoms with Gasteiger partial charge in [-0.3, -0.25) is 4.99 Å². The summed E-state index contributed by atoms with van der Waals surface area (Å²) >= 11 is 0. The van der Waals surface area contributed by atoms with Crippen molar-refractivity contribution >= 4 is 20.0 Å². The molecular formula is C13H22BN3. The maximum Gasteiger partial charge on any atom is 0.237 e. The van der Waals surface area contributed by atoms with E-state index in [1.54, 1.807) is 0 Å². The molecule has 0 aromatic carbocycles. The Balaban J connectivity index is 2.77. The van der Waals surface area contributed by atoms with Gasteiger partial charge in [-0.15, -0.1) is 0 Å². The highest BCUT2D eigenvalue weighted by Crippen LogP contribution is 2.07. The van der Waals surface area contributed by atoms with Crippen LogP contribution in [0, 0.1) is 5.92 Å². The summed E-state index contributed by atoms with van der Waals surface area (Å²) in [5.74, 6) is 0.438. The lowest BCUT2D eigenvalue weighted by molar-refractivity contribution is 0.577. The third-order valence-electron chi connectivity index (χ3n) is 2.62. The van der Waals surface area contributed by atoms with E-state index in [0.717, 1.165) is 25.4 Å². The van der Waals surface area contributed by atoms with Crippen molar-refractivity contribution < 1.29 is 0 Å². The number of aliphatic imine (C=N–C) groups is 2. The van der Waals surface area contributed by atoms with Crippen molar-refractivity contribution in [3.05, 3.63) is 24.0 Å². The summed E-state index contributed by atoms with van der Waals surface area (Å²) < 4.78 is 0. The lowest BCUT2D eigenvalue weighted by Crippen LogP contribution is -2.31. The normalized spacial score (nSPS) is 28.2. The predicted octanol–water partition coefficient (Wildman–Crippen LogP) is 2.63. The average Bonchev–Trinajstić information content (AvgIpc) is 2.29. The van der Waals surface area contributed by atoms with Crippen LogP contribution in [0.2, 0.25) is 6.32 Å². The van der Waals surface area contributed by atoms with Crippen molar-refractivity contribution in [1.29, 1.82) is 0 Å². The molecular weight excluding hydrogens is 209 g/mol. The first-order valence-corrected chi connectivity index (χ1v) is 6.31. The van der Waals surface area contributed by atoms with E-state index in [4.69, 9.17) is 0 Å². The van der Waals surface area contributed by atoms with Crippen LogP contribution in [0.5, 0.6) is 0 Å². The van der Waals surface area contributed by atoms with Crippen molar-refractivity contribution in [2.75, 3.05) is 6.54 Å². The molecule has 0 fully saturated rings. The van der Waals surface area contributed by atoms with Gasteiger partial charge in [-0.25, -0.2) is 4.99 Å². The van der Waals surface area contributed by atoms with Crippen molar-refractivity contribution in [1.82, 2.24) is 4.81 Å². The molecule has 1 aliphatic heterocycles. The Bertz CT molecular complexity index is 345. The number of allylic oxidation sites excluding steroid dienone is 2. The fraction of sp³-hybridized carbons (Fsp3) is 0.538. The minimum absolute atomic E-state index is 0.438. The molecule has 0 aromatic rings. The Hall–Kier alpha value is -1.32. The van der Waals surface area contributed by atoms with Crippen molar-refractivity contribution in [3.8, 4) is 0 Å². The Morgan fingerprint density at radius 2 is 2.29 bits per heavy atom. The van der Waals surface area contributed by atoms with E-state index in [1.807, 2.05) is 25.6 Å². The van der Waals surface area contributed by atoms with Gasteiger partial charge in [-0.2, -0.15) is 0 Å². The molecule has 0 radical (unpaired) electrons. The standard InChI is InChI=1S/C13H22BN3/c1-5-6-14-17-9-11(2)8-15-12(3)7-13(4)16-10-17/h7-8,10-11,14H,4-6,9H2,1-3H3/b12-7-,15-8-,16-10-. The van der Waals surface area contributed by atoms with Gasteiger partial charge in [0.1, 0.15) is 0 Å². The predicted molar refractivity (Wildman–Crippen MR) is 78.0 cm³/mol. The highest BCUT2D eigenvalue weighted by molar-refractivity contribution is 6.35. The average molecular weight is 231 g/mol. The summed E-state index contributed by atoms with van der Waals surface area (Å²) in [7, 11) is 1.05. The maximum absolute atomic E-state index is 4.41. The first-order valence-electron chi connectivity index (χ1n) is 6.31. The second-order valence-corrected chi connectivity index (χ2v) is 4.63. The van der Waals surface area contributed by atoms with E-state index < -0.39 is 0 Å². The number of nitrogens with zero attached hydrogens (tertiary/aromatic N) is 3. The Kier molecular flexibility index (Phi) is 5.74. The van der Waals surface area contributed by atoms with Crippen LogP contribution >= 0.6 is 0 Å². The molecule has 1 rings (SSSR count). The molecule has 0 aromatic heterocycles. The van der Waals surface area contributed by atoms with E-state index >= 15 is 0 Å². The zero-order valence-electron chi connectivity index (χ0n) is 11.2. The van der Waals surface area contributed by atoms with Gasteiger partial charge in [-0.05, 0) is 13.0 Å². The summed E-state index contributed by atoms with van der Waals surface area (Å²) in [6.45, 7) is 11.2. The molecule has 0 aliphatic carbocycles. The van der Waals surface area contributed by atoms with Gasteiger partial charge in [0, 0.05) is 24.4 Å². The van der Waals surface area contributed by atoms with E-state index in [9.17, 15) is 0 Å². The van der Waals surface area contributed by atoms with Gasteiger partial charge in [0.2, 0.25) is 7.41 Å². The number of hydrogen-bond acceptors (Lipinski definition) is 3. The second-order valence-electron chi connectivity index (χ2n) is 4.63. The molecule has 4 heteroatoms. The zero-order chi connectivity index (χ0) is 12.7. The maximum atomic E-state index is 4.41. The summed E-state index contributed by atoms with van der Waals surface area (Å²) in [6, 6.07) is 0. The number of rotatable bonds is 3. The highest BCUT2D eigenvalue weighted by atomic mass is 15.1. The number of hydrogen-bond donors (Lipinski definition) is 0. The summed E-state index contributed by atoms with van der Waals surface area (Å²) in [6.07, 6.45) is 8.22. The van der Waals surface area contributed by atoms with Gasteiger partial charge in [0.25, 0.3) is 0 Å². The lowest BCUT2D eigenvalue weighted by atomic mass is 9.84. The van der Waals surface area contributed by atoms with Crippen molar-refractivity contribution in [2.45, 2.75) is 33.5 Å². The zero-order valence-corrected chi connectivity index (χ0v) is 11.2. The molecule has 0 spiro atoms. The molecule has 1 heterocycles. The largest absolute Gasteiger partial charge is 0.409 e. The Morgan fingerprint density at radius 1 is 1.53 bits per heavy atom. The highest BCUT2D eigenvalue weighted by Gasteiger charge is 2.07. The minimum atomic E-state index is 0.438. The van der Waals surface area contributed by atoms with Gasteiger partial charge in [0.15, 0.2) is 0 Å². The van der Waals surface area contributed by atoms with Gasteiger partial charge < -0.3 is 4.81 Å². The third kappa shape index (κ3) is 5.52. The lowest BCUT2D eigenvalue weighted by Gasteiger charge is -2.21. The Labute approximate surface area is 105 Å². The van der Waals surface area contributed by atoms with Gasteiger partial charge >= 0.3 is 0 Å². The molecule has 1 atom stereocenters. The fourth-order valence-electron chi connectivity index (χ4n) is 1.69. The first kappa shape index (κ1) is 13.7. The molecule has 1 unspecified atom stereocenters. The van der Waals surface area contributed by atoms with E-state index in [-0.39, 0.29) is 0 Å². The monoisotopic (exact) mass is 231 g/mol. The molecule has 0 N–H and O–H groups in total.